The molecule has 1 aromatic carbocycles. The van der Waals surface area contributed by atoms with Crippen LogP contribution in [0, 0.1) is 5.92 Å². The lowest BCUT2D eigenvalue weighted by molar-refractivity contribution is 0.171. The van der Waals surface area contributed by atoms with E-state index in [1.165, 1.54) is 0 Å². The summed E-state index contributed by atoms with van der Waals surface area (Å²) in [5, 5.41) is 6.37. The Labute approximate surface area is 176 Å². The molecule has 158 valence electrons. The third-order valence-electron chi connectivity index (χ3n) is 5.97. The first-order valence-corrected chi connectivity index (χ1v) is 10.7. The minimum Gasteiger partial charge on any atom is -0.486 e. The van der Waals surface area contributed by atoms with Crippen molar-refractivity contribution in [2.45, 2.75) is 37.8 Å². The standard InChI is InChI=1S/C22H27N5O3/c28-22(25-17-6-10-27(11-7-17)21-23-8-1-9-24-21)26-20(15-2-3-15)16-4-5-18-19(14-16)30-13-12-29-18/h1,4-5,8-9,14-15,17,20H,2-3,6-7,10-13H2,(H2,25,26,28). The number of aromatic nitrogens is 2. The number of fused-ring (bicyclic) bond motifs is 1. The van der Waals surface area contributed by atoms with Crippen LogP contribution in [0.3, 0.4) is 0 Å². The Bertz CT molecular complexity index is 882. The molecule has 2 fully saturated rings. The molecule has 3 heterocycles. The fourth-order valence-electron chi connectivity index (χ4n) is 4.20. The molecule has 2 N–H and O–H groups in total. The van der Waals surface area contributed by atoms with E-state index < -0.39 is 0 Å². The van der Waals surface area contributed by atoms with Gasteiger partial charge in [-0.15, -0.1) is 0 Å². The number of nitrogens with one attached hydrogen (secondary N) is 2. The van der Waals surface area contributed by atoms with Crippen LogP contribution in [-0.4, -0.2) is 48.3 Å². The van der Waals surface area contributed by atoms with Crippen molar-refractivity contribution < 1.29 is 14.3 Å². The van der Waals surface area contributed by atoms with Gasteiger partial charge in [-0.25, -0.2) is 14.8 Å². The topological polar surface area (TPSA) is 88.6 Å². The zero-order valence-electron chi connectivity index (χ0n) is 16.9. The van der Waals surface area contributed by atoms with Crippen molar-refractivity contribution in [2.75, 3.05) is 31.2 Å². The van der Waals surface area contributed by atoms with Gasteiger partial charge in [0.25, 0.3) is 0 Å². The van der Waals surface area contributed by atoms with E-state index in [-0.39, 0.29) is 18.1 Å². The monoisotopic (exact) mass is 409 g/mol. The Morgan fingerprint density at radius 3 is 2.50 bits per heavy atom. The molecule has 0 radical (unpaired) electrons. The van der Waals surface area contributed by atoms with Gasteiger partial charge in [0, 0.05) is 31.5 Å². The smallest absolute Gasteiger partial charge is 0.315 e. The molecule has 30 heavy (non-hydrogen) atoms. The van der Waals surface area contributed by atoms with Crippen LogP contribution < -0.4 is 25.0 Å². The second-order valence-electron chi connectivity index (χ2n) is 8.15. The SMILES string of the molecule is O=C(NC1CCN(c2ncccn2)CC1)NC(c1ccc2c(c1)OCCO2)C1CC1. The van der Waals surface area contributed by atoms with Crippen molar-refractivity contribution in [2.24, 2.45) is 5.92 Å². The number of anilines is 1. The maximum absolute atomic E-state index is 12.8. The fraction of sp³-hybridized carbons (Fsp3) is 0.500. The van der Waals surface area contributed by atoms with Gasteiger partial charge in [-0.3, -0.25) is 0 Å². The third-order valence-corrected chi connectivity index (χ3v) is 5.97. The highest BCUT2D eigenvalue weighted by Crippen LogP contribution is 2.43. The highest BCUT2D eigenvalue weighted by Gasteiger charge is 2.34. The van der Waals surface area contributed by atoms with Gasteiger partial charge in [-0.05, 0) is 55.4 Å². The fourth-order valence-corrected chi connectivity index (χ4v) is 4.20. The van der Waals surface area contributed by atoms with Gasteiger partial charge < -0.3 is 25.0 Å². The number of hydrogen-bond acceptors (Lipinski definition) is 6. The Morgan fingerprint density at radius 2 is 1.77 bits per heavy atom. The highest BCUT2D eigenvalue weighted by molar-refractivity contribution is 5.75. The summed E-state index contributed by atoms with van der Waals surface area (Å²) in [7, 11) is 0. The second-order valence-corrected chi connectivity index (χ2v) is 8.15. The first-order valence-electron chi connectivity index (χ1n) is 10.7. The maximum atomic E-state index is 12.8. The summed E-state index contributed by atoms with van der Waals surface area (Å²) in [4.78, 5) is 23.5. The van der Waals surface area contributed by atoms with Crippen LogP contribution in [0.2, 0.25) is 0 Å². The molecule has 1 saturated carbocycles. The number of piperidine rings is 1. The molecule has 1 aromatic heterocycles. The van der Waals surface area contributed by atoms with Crippen molar-refractivity contribution in [1.82, 2.24) is 20.6 Å². The van der Waals surface area contributed by atoms with E-state index in [0.717, 1.165) is 61.8 Å². The van der Waals surface area contributed by atoms with E-state index in [0.29, 0.717) is 19.1 Å². The molecule has 8 nitrogen and oxygen atoms in total. The Morgan fingerprint density at radius 1 is 1.03 bits per heavy atom. The average molecular weight is 409 g/mol. The van der Waals surface area contributed by atoms with Crippen LogP contribution in [0.1, 0.15) is 37.3 Å². The molecular formula is C22H27N5O3. The van der Waals surface area contributed by atoms with E-state index in [1.54, 1.807) is 12.4 Å². The van der Waals surface area contributed by atoms with Gasteiger partial charge in [-0.2, -0.15) is 0 Å². The zero-order chi connectivity index (χ0) is 20.3. The van der Waals surface area contributed by atoms with Crippen LogP contribution in [0.25, 0.3) is 0 Å². The van der Waals surface area contributed by atoms with E-state index in [2.05, 4.69) is 25.5 Å². The quantitative estimate of drug-likeness (QED) is 0.789. The Balaban J connectivity index is 1.17. The molecular weight excluding hydrogens is 382 g/mol. The summed E-state index contributed by atoms with van der Waals surface area (Å²) in [5.74, 6) is 2.78. The summed E-state index contributed by atoms with van der Waals surface area (Å²) >= 11 is 0. The molecule has 3 aliphatic rings. The lowest BCUT2D eigenvalue weighted by Gasteiger charge is -2.32. The lowest BCUT2D eigenvalue weighted by Crippen LogP contribution is -2.49. The summed E-state index contributed by atoms with van der Waals surface area (Å²) in [5.41, 5.74) is 1.08. The number of benzene rings is 1. The maximum Gasteiger partial charge on any atom is 0.315 e. The second kappa shape index (κ2) is 8.38. The number of nitrogens with zero attached hydrogens (tertiary/aromatic N) is 3. The van der Waals surface area contributed by atoms with Crippen molar-refractivity contribution in [3.05, 3.63) is 42.2 Å². The first kappa shape index (κ1) is 19.0. The summed E-state index contributed by atoms with van der Waals surface area (Å²) < 4.78 is 11.3. The van der Waals surface area contributed by atoms with Crippen molar-refractivity contribution >= 4 is 12.0 Å². The number of rotatable bonds is 5. The summed E-state index contributed by atoms with van der Waals surface area (Å²) in [6.45, 7) is 2.81. The molecule has 0 spiro atoms. The lowest BCUT2D eigenvalue weighted by atomic mass is 10.0. The number of carbonyl (C=O) groups is 1. The van der Waals surface area contributed by atoms with Crippen molar-refractivity contribution in [3.8, 4) is 11.5 Å². The molecule has 1 aliphatic carbocycles. The predicted molar refractivity (Wildman–Crippen MR) is 112 cm³/mol. The number of carbonyl (C=O) groups excluding carboxylic acids is 1. The first-order chi connectivity index (χ1) is 14.8. The van der Waals surface area contributed by atoms with Gasteiger partial charge in [0.2, 0.25) is 5.95 Å². The summed E-state index contributed by atoms with van der Waals surface area (Å²) in [6, 6.07) is 7.87. The molecule has 2 aliphatic heterocycles. The molecule has 1 saturated heterocycles. The van der Waals surface area contributed by atoms with Crippen LogP contribution in [0.15, 0.2) is 36.7 Å². The molecule has 1 atom stereocenters. The molecule has 1 unspecified atom stereocenters. The minimum absolute atomic E-state index is 0.00126. The van der Waals surface area contributed by atoms with E-state index in [4.69, 9.17) is 9.47 Å². The van der Waals surface area contributed by atoms with Gasteiger partial charge >= 0.3 is 6.03 Å². The third kappa shape index (κ3) is 4.27. The largest absolute Gasteiger partial charge is 0.486 e. The number of amides is 2. The minimum atomic E-state index is -0.101. The van der Waals surface area contributed by atoms with E-state index in [1.807, 2.05) is 24.3 Å². The van der Waals surface area contributed by atoms with Gasteiger partial charge in [0.1, 0.15) is 13.2 Å². The number of hydrogen-bond donors (Lipinski definition) is 2. The Kier molecular flexibility index (Phi) is 5.29. The van der Waals surface area contributed by atoms with Gasteiger partial charge in [0.05, 0.1) is 6.04 Å². The van der Waals surface area contributed by atoms with E-state index >= 15 is 0 Å². The normalized spacial score (nSPS) is 19.8. The van der Waals surface area contributed by atoms with E-state index in [9.17, 15) is 4.79 Å². The predicted octanol–water partition coefficient (Wildman–Crippen LogP) is 2.67. The van der Waals surface area contributed by atoms with Gasteiger partial charge in [0.15, 0.2) is 11.5 Å². The molecule has 2 amide bonds. The Hall–Kier alpha value is -3.03. The van der Waals surface area contributed by atoms with Crippen LogP contribution in [-0.2, 0) is 0 Å². The number of urea groups is 1. The highest BCUT2D eigenvalue weighted by atomic mass is 16.6. The van der Waals surface area contributed by atoms with Crippen LogP contribution in [0.4, 0.5) is 10.7 Å². The zero-order valence-corrected chi connectivity index (χ0v) is 16.9. The molecule has 0 bridgehead atoms. The van der Waals surface area contributed by atoms with Crippen molar-refractivity contribution in [3.63, 3.8) is 0 Å². The molecule has 5 rings (SSSR count). The average Bonchev–Trinajstić information content (AvgIpc) is 3.64. The van der Waals surface area contributed by atoms with Gasteiger partial charge in [-0.1, -0.05) is 6.07 Å². The van der Waals surface area contributed by atoms with Crippen LogP contribution in [0.5, 0.6) is 11.5 Å². The molecule has 8 heteroatoms. The number of ether oxygens (including phenoxy) is 2. The van der Waals surface area contributed by atoms with Crippen molar-refractivity contribution in [1.29, 1.82) is 0 Å². The summed E-state index contributed by atoms with van der Waals surface area (Å²) in [6.07, 6.45) is 7.54. The van der Waals surface area contributed by atoms with Crippen LogP contribution >= 0.6 is 0 Å². The molecule has 2 aromatic rings.